The maximum Gasteiger partial charge on any atom is 0.246 e. The van der Waals surface area contributed by atoms with Crippen LogP contribution >= 0.6 is 11.6 Å². The van der Waals surface area contributed by atoms with Crippen LogP contribution in [0.15, 0.2) is 18.2 Å². The van der Waals surface area contributed by atoms with Crippen molar-refractivity contribution < 1.29 is 4.79 Å². The Morgan fingerprint density at radius 3 is 2.90 bits per heavy atom. The van der Waals surface area contributed by atoms with Gasteiger partial charge in [-0.3, -0.25) is 4.79 Å². The molecule has 20 heavy (non-hydrogen) atoms. The average Bonchev–Trinajstić information content (AvgIpc) is 2.46. The van der Waals surface area contributed by atoms with Crippen molar-refractivity contribution in [3.05, 3.63) is 28.8 Å². The van der Waals surface area contributed by atoms with Crippen molar-refractivity contribution >= 4 is 23.2 Å². The van der Waals surface area contributed by atoms with Crippen molar-refractivity contribution in [1.82, 2.24) is 10.2 Å². The molecular weight excluding hydrogens is 276 g/mol. The van der Waals surface area contributed by atoms with E-state index in [1.807, 2.05) is 11.0 Å². The van der Waals surface area contributed by atoms with Gasteiger partial charge in [-0.25, -0.2) is 0 Å². The quantitative estimate of drug-likeness (QED) is 0.886. The number of nitrogens with zero attached hydrogens (tertiary/aromatic N) is 3. The summed E-state index contributed by atoms with van der Waals surface area (Å²) in [7, 11) is 3.49. The molecular formula is C14H17ClN4O. The van der Waals surface area contributed by atoms with Crippen LogP contribution in [-0.2, 0) is 4.79 Å². The smallest absolute Gasteiger partial charge is 0.246 e. The highest BCUT2D eigenvalue weighted by atomic mass is 35.5. The number of halogens is 1. The van der Waals surface area contributed by atoms with Crippen LogP contribution in [-0.4, -0.2) is 50.6 Å². The van der Waals surface area contributed by atoms with Crippen LogP contribution in [0.4, 0.5) is 5.69 Å². The first-order valence-corrected chi connectivity index (χ1v) is 6.80. The van der Waals surface area contributed by atoms with Gasteiger partial charge < -0.3 is 15.1 Å². The third kappa shape index (κ3) is 2.87. The van der Waals surface area contributed by atoms with Gasteiger partial charge in [-0.05, 0) is 18.2 Å². The second kappa shape index (κ2) is 6.12. The fourth-order valence-corrected chi connectivity index (χ4v) is 2.61. The molecule has 1 unspecified atom stereocenters. The van der Waals surface area contributed by atoms with Gasteiger partial charge in [0.1, 0.15) is 6.04 Å². The van der Waals surface area contributed by atoms with Crippen LogP contribution in [0.25, 0.3) is 0 Å². The highest BCUT2D eigenvalue weighted by Crippen LogP contribution is 2.29. The summed E-state index contributed by atoms with van der Waals surface area (Å²) in [5.41, 5.74) is 1.32. The number of nitriles is 1. The molecule has 1 aromatic rings. The minimum atomic E-state index is -0.274. The van der Waals surface area contributed by atoms with E-state index in [1.54, 1.807) is 31.1 Å². The molecule has 0 bridgehead atoms. The first-order valence-electron chi connectivity index (χ1n) is 6.42. The SMILES string of the molecule is CN(C)C(=O)C1CNCCN1c1ccc(C#N)cc1Cl. The van der Waals surface area contributed by atoms with E-state index in [0.29, 0.717) is 23.7 Å². The molecule has 0 aromatic heterocycles. The number of hydrogen-bond acceptors (Lipinski definition) is 4. The molecule has 1 fully saturated rings. The molecule has 1 amide bonds. The molecule has 1 atom stereocenters. The molecule has 0 saturated carbocycles. The lowest BCUT2D eigenvalue weighted by molar-refractivity contribution is -0.130. The molecule has 6 heteroatoms. The lowest BCUT2D eigenvalue weighted by Crippen LogP contribution is -2.57. The number of amides is 1. The normalized spacial score (nSPS) is 18.5. The highest BCUT2D eigenvalue weighted by Gasteiger charge is 2.30. The van der Waals surface area contributed by atoms with E-state index < -0.39 is 0 Å². The molecule has 2 rings (SSSR count). The molecule has 5 nitrogen and oxygen atoms in total. The number of rotatable bonds is 2. The number of piperazine rings is 1. The van der Waals surface area contributed by atoms with Crippen molar-refractivity contribution in [3.8, 4) is 6.07 Å². The second-order valence-electron chi connectivity index (χ2n) is 4.92. The van der Waals surface area contributed by atoms with Crippen molar-refractivity contribution in [2.24, 2.45) is 0 Å². The number of hydrogen-bond donors (Lipinski definition) is 1. The van der Waals surface area contributed by atoms with Crippen LogP contribution < -0.4 is 10.2 Å². The van der Waals surface area contributed by atoms with Gasteiger partial charge in [0.25, 0.3) is 0 Å². The molecule has 1 aromatic carbocycles. The van der Waals surface area contributed by atoms with E-state index >= 15 is 0 Å². The van der Waals surface area contributed by atoms with Crippen LogP contribution in [0.2, 0.25) is 5.02 Å². The Hall–Kier alpha value is -1.77. The summed E-state index contributed by atoms with van der Waals surface area (Å²) < 4.78 is 0. The summed E-state index contributed by atoms with van der Waals surface area (Å²) in [6.07, 6.45) is 0. The van der Waals surface area contributed by atoms with Crippen LogP contribution in [0.5, 0.6) is 0 Å². The molecule has 1 N–H and O–H groups in total. The lowest BCUT2D eigenvalue weighted by atomic mass is 10.1. The minimum absolute atomic E-state index is 0.0395. The Morgan fingerprint density at radius 2 is 2.30 bits per heavy atom. The fraction of sp³-hybridized carbons (Fsp3) is 0.429. The molecule has 0 aliphatic carbocycles. The zero-order valence-corrected chi connectivity index (χ0v) is 12.3. The van der Waals surface area contributed by atoms with Crippen molar-refractivity contribution in [3.63, 3.8) is 0 Å². The summed E-state index contributed by atoms with van der Waals surface area (Å²) in [6, 6.07) is 6.95. The number of benzene rings is 1. The molecule has 1 aliphatic heterocycles. The molecule has 0 radical (unpaired) electrons. The Kier molecular flexibility index (Phi) is 4.48. The van der Waals surface area contributed by atoms with Gasteiger partial charge in [0.05, 0.1) is 22.3 Å². The maximum absolute atomic E-state index is 12.3. The standard InChI is InChI=1S/C14H17ClN4O/c1-18(2)14(20)13-9-17-5-6-19(13)12-4-3-10(8-16)7-11(12)15/h3-4,7,13,17H,5-6,9H2,1-2H3. The second-order valence-corrected chi connectivity index (χ2v) is 5.33. The van der Waals surface area contributed by atoms with Gasteiger partial charge in [0, 0.05) is 33.7 Å². The van der Waals surface area contributed by atoms with E-state index in [0.717, 1.165) is 12.2 Å². The first-order chi connectivity index (χ1) is 9.54. The van der Waals surface area contributed by atoms with Gasteiger partial charge in [-0.1, -0.05) is 11.6 Å². The Labute approximate surface area is 123 Å². The third-order valence-electron chi connectivity index (χ3n) is 3.36. The van der Waals surface area contributed by atoms with E-state index in [-0.39, 0.29) is 11.9 Å². The summed E-state index contributed by atoms with van der Waals surface area (Å²) in [5, 5.41) is 12.6. The van der Waals surface area contributed by atoms with Crippen molar-refractivity contribution in [2.45, 2.75) is 6.04 Å². The zero-order valence-electron chi connectivity index (χ0n) is 11.6. The Bertz CT molecular complexity index is 553. The monoisotopic (exact) mass is 292 g/mol. The average molecular weight is 293 g/mol. The van der Waals surface area contributed by atoms with Crippen LogP contribution in [0.3, 0.4) is 0 Å². The van der Waals surface area contributed by atoms with Gasteiger partial charge in [0.15, 0.2) is 0 Å². The molecule has 106 valence electrons. The van der Waals surface area contributed by atoms with Crippen LogP contribution in [0.1, 0.15) is 5.56 Å². The Morgan fingerprint density at radius 1 is 1.55 bits per heavy atom. The van der Waals surface area contributed by atoms with Gasteiger partial charge in [-0.2, -0.15) is 5.26 Å². The summed E-state index contributed by atoms with van der Waals surface area (Å²) in [4.78, 5) is 15.9. The largest absolute Gasteiger partial charge is 0.356 e. The first kappa shape index (κ1) is 14.6. The van der Waals surface area contributed by atoms with E-state index in [4.69, 9.17) is 16.9 Å². The third-order valence-corrected chi connectivity index (χ3v) is 3.66. The van der Waals surface area contributed by atoms with Crippen molar-refractivity contribution in [2.75, 3.05) is 38.6 Å². The zero-order chi connectivity index (χ0) is 14.7. The summed E-state index contributed by atoms with van der Waals surface area (Å²) in [5.74, 6) is 0.0395. The van der Waals surface area contributed by atoms with Crippen molar-refractivity contribution in [1.29, 1.82) is 5.26 Å². The van der Waals surface area contributed by atoms with Gasteiger partial charge >= 0.3 is 0 Å². The topological polar surface area (TPSA) is 59.4 Å². The maximum atomic E-state index is 12.3. The number of carbonyl (C=O) groups is 1. The number of nitrogens with one attached hydrogen (secondary N) is 1. The van der Waals surface area contributed by atoms with Crippen LogP contribution in [0, 0.1) is 11.3 Å². The Balaban J connectivity index is 2.33. The highest BCUT2D eigenvalue weighted by molar-refractivity contribution is 6.33. The lowest BCUT2D eigenvalue weighted by Gasteiger charge is -2.38. The van der Waals surface area contributed by atoms with E-state index in [1.165, 1.54) is 0 Å². The summed E-state index contributed by atoms with van der Waals surface area (Å²) >= 11 is 6.25. The predicted molar refractivity (Wildman–Crippen MR) is 78.9 cm³/mol. The van der Waals surface area contributed by atoms with E-state index in [2.05, 4.69) is 11.4 Å². The minimum Gasteiger partial charge on any atom is -0.356 e. The predicted octanol–water partition coefficient (Wildman–Crippen LogP) is 1.08. The molecule has 1 saturated heterocycles. The van der Waals surface area contributed by atoms with E-state index in [9.17, 15) is 4.79 Å². The fourth-order valence-electron chi connectivity index (χ4n) is 2.32. The molecule has 0 spiro atoms. The van der Waals surface area contributed by atoms with Gasteiger partial charge in [0.2, 0.25) is 5.91 Å². The number of likely N-dealkylation sites (N-methyl/N-ethyl adjacent to an activating group) is 1. The number of anilines is 1. The number of carbonyl (C=O) groups excluding carboxylic acids is 1. The van der Waals surface area contributed by atoms with Gasteiger partial charge in [-0.15, -0.1) is 0 Å². The molecule has 1 aliphatic rings. The summed E-state index contributed by atoms with van der Waals surface area (Å²) in [6.45, 7) is 2.09. The molecule has 1 heterocycles.